The number of fused-ring (bicyclic) bond motifs is 2. The molecule has 198 valence electrons. The number of benzene rings is 1. The average Bonchev–Trinajstić information content (AvgIpc) is 3.56. The van der Waals surface area contributed by atoms with E-state index in [1.165, 1.54) is 12.1 Å². The standard InChI is InChI=1S/C25H26ClF2N3O6/c26-15-9-19-24(31-25(30-19)37-21-11-35-22-20(32)10-34-23(21)22)29-18(15)2-1-14-16(27)7-13(8-17(14)28)36-12-3-5-33-6-4-12/h7-9,12,20-23,32H,1-6,10-11H2,(H,29,30,31)/t20-,21-,22-,23-/m1/s1. The van der Waals surface area contributed by atoms with Gasteiger partial charge in [0.25, 0.3) is 6.01 Å². The minimum Gasteiger partial charge on any atom is -0.490 e. The summed E-state index contributed by atoms with van der Waals surface area (Å²) < 4.78 is 57.6. The third-order valence-electron chi connectivity index (χ3n) is 6.92. The highest BCUT2D eigenvalue weighted by Crippen LogP contribution is 2.31. The number of aromatic nitrogens is 3. The van der Waals surface area contributed by atoms with E-state index < -0.39 is 29.9 Å². The number of rotatable bonds is 7. The molecule has 2 N–H and O–H groups in total. The van der Waals surface area contributed by atoms with Gasteiger partial charge in [0.15, 0.2) is 11.8 Å². The first-order valence-corrected chi connectivity index (χ1v) is 12.7. The molecule has 3 fully saturated rings. The van der Waals surface area contributed by atoms with Crippen LogP contribution in [0.4, 0.5) is 8.78 Å². The van der Waals surface area contributed by atoms with Crippen molar-refractivity contribution in [1.29, 1.82) is 0 Å². The lowest BCUT2D eigenvalue weighted by atomic mass is 10.1. The van der Waals surface area contributed by atoms with Crippen LogP contribution in [0, 0.1) is 11.6 Å². The number of aromatic amines is 1. The molecule has 4 atom stereocenters. The van der Waals surface area contributed by atoms with Crippen molar-refractivity contribution in [3.05, 3.63) is 46.1 Å². The van der Waals surface area contributed by atoms with Crippen molar-refractivity contribution in [3.63, 3.8) is 0 Å². The first kappa shape index (κ1) is 24.7. The van der Waals surface area contributed by atoms with E-state index in [-0.39, 0.29) is 55.6 Å². The number of imidazole rings is 1. The molecule has 0 unspecified atom stereocenters. The van der Waals surface area contributed by atoms with Crippen LogP contribution >= 0.6 is 11.6 Å². The second kappa shape index (κ2) is 10.3. The predicted molar refractivity (Wildman–Crippen MR) is 127 cm³/mol. The molecule has 5 heterocycles. The van der Waals surface area contributed by atoms with Crippen LogP contribution in [0.15, 0.2) is 18.2 Å². The quantitative estimate of drug-likeness (QED) is 0.473. The minimum absolute atomic E-state index is 0.0575. The number of H-pyrrole nitrogens is 1. The highest BCUT2D eigenvalue weighted by molar-refractivity contribution is 6.31. The van der Waals surface area contributed by atoms with E-state index in [9.17, 15) is 13.9 Å². The van der Waals surface area contributed by atoms with Gasteiger partial charge in [-0.15, -0.1) is 0 Å². The Morgan fingerprint density at radius 2 is 1.76 bits per heavy atom. The number of aliphatic hydroxyl groups is 1. The zero-order valence-electron chi connectivity index (χ0n) is 19.8. The zero-order chi connectivity index (χ0) is 25.5. The van der Waals surface area contributed by atoms with Crippen molar-refractivity contribution < 1.29 is 37.6 Å². The number of nitrogens with zero attached hydrogens (tertiary/aromatic N) is 2. The number of aliphatic hydroxyl groups excluding tert-OH is 1. The number of ether oxygens (including phenoxy) is 5. The Hall–Kier alpha value is -2.57. The molecule has 9 nitrogen and oxygen atoms in total. The van der Waals surface area contributed by atoms with Gasteiger partial charge < -0.3 is 33.8 Å². The molecule has 3 aromatic rings. The van der Waals surface area contributed by atoms with Crippen LogP contribution in [0.5, 0.6) is 11.8 Å². The van der Waals surface area contributed by atoms with E-state index >= 15 is 0 Å². The Morgan fingerprint density at radius 3 is 2.54 bits per heavy atom. The minimum atomic E-state index is -0.678. The summed E-state index contributed by atoms with van der Waals surface area (Å²) in [5.41, 5.74) is 1.31. The van der Waals surface area contributed by atoms with Gasteiger partial charge in [0.2, 0.25) is 0 Å². The molecule has 0 aliphatic carbocycles. The molecule has 0 bridgehead atoms. The molecule has 0 saturated carbocycles. The van der Waals surface area contributed by atoms with Crippen LogP contribution in [0.25, 0.3) is 11.2 Å². The van der Waals surface area contributed by atoms with Gasteiger partial charge >= 0.3 is 0 Å². The molecular formula is C25H26ClF2N3O6. The summed E-state index contributed by atoms with van der Waals surface area (Å²) in [4.78, 5) is 11.9. The molecule has 0 spiro atoms. The lowest BCUT2D eigenvalue weighted by Gasteiger charge is -2.23. The average molecular weight is 538 g/mol. The third-order valence-corrected chi connectivity index (χ3v) is 7.25. The highest BCUT2D eigenvalue weighted by Gasteiger charge is 2.48. The molecule has 0 amide bonds. The van der Waals surface area contributed by atoms with E-state index in [1.54, 1.807) is 6.07 Å². The fraction of sp³-hybridized carbons (Fsp3) is 0.520. The molecule has 6 rings (SSSR count). The lowest BCUT2D eigenvalue weighted by Crippen LogP contribution is -2.34. The summed E-state index contributed by atoms with van der Waals surface area (Å²) >= 11 is 6.41. The van der Waals surface area contributed by atoms with Crippen LogP contribution in [-0.4, -0.2) is 77.0 Å². The summed E-state index contributed by atoms with van der Waals surface area (Å²) in [5, 5.41) is 10.2. The van der Waals surface area contributed by atoms with Gasteiger partial charge in [0, 0.05) is 30.5 Å². The summed E-state index contributed by atoms with van der Waals surface area (Å²) in [6, 6.07) is 4.30. The van der Waals surface area contributed by atoms with Crippen LogP contribution in [0.3, 0.4) is 0 Å². The predicted octanol–water partition coefficient (Wildman–Crippen LogP) is 3.14. The van der Waals surface area contributed by atoms with Crippen LogP contribution in [-0.2, 0) is 27.1 Å². The van der Waals surface area contributed by atoms with Crippen molar-refractivity contribution in [2.75, 3.05) is 26.4 Å². The van der Waals surface area contributed by atoms with Gasteiger partial charge in [-0.3, -0.25) is 0 Å². The SMILES string of the molecule is O[C@@H]1CO[C@H]2[C@@H]1OC[C@H]2Oc1nc2nc(CCc3c(F)cc(OC4CCOCC4)cc3F)c(Cl)cc2[nH]1. The van der Waals surface area contributed by atoms with E-state index in [1.807, 2.05) is 0 Å². The molecule has 3 saturated heterocycles. The number of aryl methyl sites for hydroxylation is 1. The Morgan fingerprint density at radius 1 is 1.00 bits per heavy atom. The Bertz CT molecular complexity index is 1260. The fourth-order valence-electron chi connectivity index (χ4n) is 4.97. The van der Waals surface area contributed by atoms with Gasteiger partial charge in [-0.25, -0.2) is 13.8 Å². The Labute approximate surface area is 216 Å². The summed E-state index contributed by atoms with van der Waals surface area (Å²) in [6.45, 7) is 1.61. The van der Waals surface area contributed by atoms with E-state index in [4.69, 9.17) is 35.3 Å². The van der Waals surface area contributed by atoms with Gasteiger partial charge in [0.1, 0.15) is 41.8 Å². The normalized spacial score (nSPS) is 26.1. The second-order valence-electron chi connectivity index (χ2n) is 9.44. The Kier molecular flexibility index (Phi) is 6.89. The largest absolute Gasteiger partial charge is 0.490 e. The number of hydrogen-bond donors (Lipinski definition) is 2. The van der Waals surface area contributed by atoms with Gasteiger partial charge in [-0.05, 0) is 18.9 Å². The van der Waals surface area contributed by atoms with Crippen LogP contribution in [0.2, 0.25) is 5.02 Å². The van der Waals surface area contributed by atoms with Crippen molar-refractivity contribution >= 4 is 22.8 Å². The summed E-state index contributed by atoms with van der Waals surface area (Å²) in [5.74, 6) is -1.18. The van der Waals surface area contributed by atoms with Crippen molar-refractivity contribution in [1.82, 2.24) is 15.0 Å². The summed E-state index contributed by atoms with van der Waals surface area (Å²) in [6.07, 6.45) is -0.388. The molecule has 37 heavy (non-hydrogen) atoms. The highest BCUT2D eigenvalue weighted by atomic mass is 35.5. The maximum Gasteiger partial charge on any atom is 0.296 e. The number of pyridine rings is 1. The number of nitrogens with one attached hydrogen (secondary N) is 1. The first-order valence-electron chi connectivity index (χ1n) is 12.3. The van der Waals surface area contributed by atoms with Gasteiger partial charge in [-0.2, -0.15) is 4.98 Å². The molecular weight excluding hydrogens is 512 g/mol. The molecule has 3 aliphatic heterocycles. The third kappa shape index (κ3) is 5.10. The second-order valence-corrected chi connectivity index (χ2v) is 9.85. The van der Waals surface area contributed by atoms with Crippen molar-refractivity contribution in [3.8, 4) is 11.8 Å². The summed E-state index contributed by atoms with van der Waals surface area (Å²) in [7, 11) is 0. The monoisotopic (exact) mass is 537 g/mol. The van der Waals surface area contributed by atoms with E-state index in [2.05, 4.69) is 15.0 Å². The van der Waals surface area contributed by atoms with Crippen molar-refractivity contribution in [2.45, 2.75) is 56.2 Å². The van der Waals surface area contributed by atoms with Gasteiger partial charge in [-0.1, -0.05) is 11.6 Å². The molecule has 0 radical (unpaired) electrons. The molecule has 3 aliphatic rings. The van der Waals surface area contributed by atoms with E-state index in [0.717, 1.165) is 0 Å². The zero-order valence-corrected chi connectivity index (χ0v) is 20.5. The topological polar surface area (TPSA) is 108 Å². The van der Waals surface area contributed by atoms with Crippen LogP contribution < -0.4 is 9.47 Å². The molecule has 12 heteroatoms. The first-order chi connectivity index (χ1) is 17.9. The smallest absolute Gasteiger partial charge is 0.296 e. The van der Waals surface area contributed by atoms with Crippen LogP contribution in [0.1, 0.15) is 24.1 Å². The van der Waals surface area contributed by atoms with Crippen molar-refractivity contribution in [2.24, 2.45) is 0 Å². The molecule has 1 aromatic carbocycles. The van der Waals surface area contributed by atoms with E-state index in [0.29, 0.717) is 47.9 Å². The fourth-order valence-corrected chi connectivity index (χ4v) is 5.21. The maximum atomic E-state index is 14.8. The Balaban J connectivity index is 1.13. The lowest BCUT2D eigenvalue weighted by molar-refractivity contribution is 0.00706. The maximum absolute atomic E-state index is 14.8. The number of hydrogen-bond acceptors (Lipinski definition) is 8. The molecule has 2 aromatic heterocycles. The number of halogens is 3. The van der Waals surface area contributed by atoms with Gasteiger partial charge in [0.05, 0.1) is 42.7 Å².